The summed E-state index contributed by atoms with van der Waals surface area (Å²) in [5.41, 5.74) is 3.35. The lowest BCUT2D eigenvalue weighted by Crippen LogP contribution is -2.56. The molecule has 2 fully saturated rings. The van der Waals surface area contributed by atoms with E-state index in [1.165, 1.54) is 0 Å². The van der Waals surface area contributed by atoms with Crippen molar-refractivity contribution in [3.63, 3.8) is 0 Å². The number of nitrogens with one attached hydrogen (secondary N) is 4. The summed E-state index contributed by atoms with van der Waals surface area (Å²) in [6.45, 7) is 3.94. The maximum absolute atomic E-state index is 13.1. The molecule has 2 aromatic carbocycles. The van der Waals surface area contributed by atoms with E-state index in [9.17, 15) is 14.4 Å². The van der Waals surface area contributed by atoms with E-state index >= 15 is 0 Å². The number of rotatable bonds is 7. The van der Waals surface area contributed by atoms with E-state index < -0.39 is 24.0 Å². The van der Waals surface area contributed by atoms with Crippen LogP contribution in [0.25, 0.3) is 10.9 Å². The molecule has 0 aliphatic carbocycles. The number of carbonyl (C=O) groups excluding carboxylic acids is 3. The minimum atomic E-state index is -0.786. The molecule has 9 nitrogen and oxygen atoms in total. The third kappa shape index (κ3) is 5.16. The van der Waals surface area contributed by atoms with E-state index in [1.807, 2.05) is 37.3 Å². The SMILES string of the molecule is Cc1cc(COc2ccc(C(=O)NC(C3CCNCC3)C3NC(=O)NC3=O)cc2)c2ccccc2n1. The number of ether oxygens (including phenoxy) is 1. The van der Waals surface area contributed by atoms with Gasteiger partial charge in [0.15, 0.2) is 0 Å². The summed E-state index contributed by atoms with van der Waals surface area (Å²) >= 11 is 0. The summed E-state index contributed by atoms with van der Waals surface area (Å²) in [6.07, 6.45) is 1.61. The highest BCUT2D eigenvalue weighted by atomic mass is 16.5. The Labute approximate surface area is 209 Å². The molecule has 0 radical (unpaired) electrons. The van der Waals surface area contributed by atoms with E-state index in [-0.39, 0.29) is 11.8 Å². The Hall–Kier alpha value is -3.98. The van der Waals surface area contributed by atoms with Crippen LogP contribution in [-0.2, 0) is 11.4 Å². The van der Waals surface area contributed by atoms with Crippen LogP contribution >= 0.6 is 0 Å². The molecule has 2 aliphatic rings. The fourth-order valence-electron chi connectivity index (χ4n) is 4.97. The minimum absolute atomic E-state index is 0.0746. The zero-order chi connectivity index (χ0) is 25.1. The second-order valence-electron chi connectivity index (χ2n) is 9.28. The normalized spacial score (nSPS) is 19.0. The van der Waals surface area contributed by atoms with Gasteiger partial charge >= 0.3 is 6.03 Å². The molecule has 0 bridgehead atoms. The zero-order valence-corrected chi connectivity index (χ0v) is 20.0. The molecular formula is C27H29N5O4. The number of piperidine rings is 1. The molecule has 0 spiro atoms. The smallest absolute Gasteiger partial charge is 0.322 e. The summed E-state index contributed by atoms with van der Waals surface area (Å²) < 4.78 is 6.01. The number of hydrogen-bond acceptors (Lipinski definition) is 6. The van der Waals surface area contributed by atoms with E-state index in [0.29, 0.717) is 17.9 Å². The Morgan fingerprint density at radius 3 is 2.58 bits per heavy atom. The van der Waals surface area contributed by atoms with Crippen molar-refractivity contribution in [1.29, 1.82) is 0 Å². The van der Waals surface area contributed by atoms with Crippen LogP contribution in [0.2, 0.25) is 0 Å². The van der Waals surface area contributed by atoms with Gasteiger partial charge in [0.2, 0.25) is 0 Å². The number of para-hydroxylation sites is 1. The number of benzene rings is 2. The molecule has 2 unspecified atom stereocenters. The monoisotopic (exact) mass is 487 g/mol. The lowest BCUT2D eigenvalue weighted by atomic mass is 9.85. The van der Waals surface area contributed by atoms with Gasteiger partial charge in [-0.15, -0.1) is 0 Å². The maximum atomic E-state index is 13.1. The van der Waals surface area contributed by atoms with Crippen molar-refractivity contribution in [3.8, 4) is 5.75 Å². The number of nitrogens with zero attached hydrogens (tertiary/aromatic N) is 1. The van der Waals surface area contributed by atoms with Gasteiger partial charge in [-0.05, 0) is 75.2 Å². The number of carbonyl (C=O) groups is 3. The van der Waals surface area contributed by atoms with E-state index in [4.69, 9.17) is 4.74 Å². The maximum Gasteiger partial charge on any atom is 0.322 e. The summed E-state index contributed by atoms with van der Waals surface area (Å²) in [6, 6.07) is 15.1. The lowest BCUT2D eigenvalue weighted by Gasteiger charge is -2.33. The van der Waals surface area contributed by atoms with Crippen LogP contribution in [-0.4, -0.2) is 48.0 Å². The molecule has 9 heteroatoms. The highest BCUT2D eigenvalue weighted by Crippen LogP contribution is 2.23. The number of aryl methyl sites for hydroxylation is 1. The van der Waals surface area contributed by atoms with Gasteiger partial charge in [0.05, 0.1) is 11.6 Å². The Morgan fingerprint density at radius 2 is 1.86 bits per heavy atom. The van der Waals surface area contributed by atoms with Crippen LogP contribution in [0.3, 0.4) is 0 Å². The molecule has 186 valence electrons. The molecule has 0 saturated carbocycles. The second-order valence-corrected chi connectivity index (χ2v) is 9.28. The lowest BCUT2D eigenvalue weighted by molar-refractivity contribution is -0.121. The van der Waals surface area contributed by atoms with Crippen LogP contribution < -0.4 is 26.0 Å². The fraction of sp³-hybridized carbons (Fsp3) is 0.333. The van der Waals surface area contributed by atoms with Crippen molar-refractivity contribution < 1.29 is 19.1 Å². The molecule has 36 heavy (non-hydrogen) atoms. The topological polar surface area (TPSA) is 121 Å². The second kappa shape index (κ2) is 10.3. The summed E-state index contributed by atoms with van der Waals surface area (Å²) in [7, 11) is 0. The van der Waals surface area contributed by atoms with Crippen molar-refractivity contribution >= 4 is 28.7 Å². The number of imide groups is 1. The van der Waals surface area contributed by atoms with Crippen molar-refractivity contribution in [2.24, 2.45) is 5.92 Å². The number of hydrogen-bond donors (Lipinski definition) is 4. The van der Waals surface area contributed by atoms with Crippen LogP contribution in [0.1, 0.15) is 34.5 Å². The molecule has 2 atom stereocenters. The molecule has 2 saturated heterocycles. The number of amides is 4. The Morgan fingerprint density at radius 1 is 1.11 bits per heavy atom. The molecule has 4 amide bonds. The van der Waals surface area contributed by atoms with Gasteiger partial charge in [0, 0.05) is 22.2 Å². The largest absolute Gasteiger partial charge is 0.489 e. The predicted molar refractivity (Wildman–Crippen MR) is 135 cm³/mol. The standard InChI is InChI=1S/C27H29N5O4/c1-16-14-19(21-4-2-3-5-22(21)29-16)15-36-20-8-6-18(7-9-20)25(33)30-23(17-10-12-28-13-11-17)24-26(34)32-27(35)31-24/h2-9,14,17,23-24,28H,10-13,15H2,1H3,(H,30,33)(H2,31,32,34,35). The average Bonchev–Trinajstić information content (AvgIpc) is 3.23. The molecular weight excluding hydrogens is 458 g/mol. The summed E-state index contributed by atoms with van der Waals surface area (Å²) in [5, 5.41) is 12.3. The van der Waals surface area contributed by atoms with Gasteiger partial charge in [-0.2, -0.15) is 0 Å². The molecule has 4 N–H and O–H groups in total. The average molecular weight is 488 g/mol. The first kappa shape index (κ1) is 23.7. The van der Waals surface area contributed by atoms with Gasteiger partial charge in [-0.1, -0.05) is 18.2 Å². The first-order chi connectivity index (χ1) is 17.5. The third-order valence-corrected chi connectivity index (χ3v) is 6.80. The van der Waals surface area contributed by atoms with Crippen molar-refractivity contribution in [2.75, 3.05) is 13.1 Å². The van der Waals surface area contributed by atoms with Crippen LogP contribution in [0.15, 0.2) is 54.6 Å². The first-order valence-corrected chi connectivity index (χ1v) is 12.2. The van der Waals surface area contributed by atoms with Crippen LogP contribution in [0, 0.1) is 12.8 Å². The third-order valence-electron chi connectivity index (χ3n) is 6.80. The molecule has 3 heterocycles. The zero-order valence-electron chi connectivity index (χ0n) is 20.0. The minimum Gasteiger partial charge on any atom is -0.489 e. The van der Waals surface area contributed by atoms with Crippen molar-refractivity contribution in [2.45, 2.75) is 38.5 Å². The predicted octanol–water partition coefficient (Wildman–Crippen LogP) is 2.43. The van der Waals surface area contributed by atoms with Crippen LogP contribution in [0.5, 0.6) is 5.75 Å². The molecule has 5 rings (SSSR count). The van der Waals surface area contributed by atoms with E-state index in [0.717, 1.165) is 48.1 Å². The van der Waals surface area contributed by atoms with Gasteiger partial charge in [0.25, 0.3) is 11.8 Å². The number of urea groups is 1. The molecule has 3 aromatic rings. The summed E-state index contributed by atoms with van der Waals surface area (Å²) in [5.74, 6) is 0.00858. The first-order valence-electron chi connectivity index (χ1n) is 12.2. The number of aromatic nitrogens is 1. The fourth-order valence-corrected chi connectivity index (χ4v) is 4.97. The van der Waals surface area contributed by atoms with Crippen molar-refractivity contribution in [1.82, 2.24) is 26.3 Å². The summed E-state index contributed by atoms with van der Waals surface area (Å²) in [4.78, 5) is 41.7. The molecule has 1 aromatic heterocycles. The highest BCUT2D eigenvalue weighted by molar-refractivity contribution is 6.05. The Kier molecular flexibility index (Phi) is 6.81. The number of fused-ring (bicyclic) bond motifs is 1. The van der Waals surface area contributed by atoms with E-state index in [1.54, 1.807) is 24.3 Å². The van der Waals surface area contributed by atoms with Gasteiger partial charge in [-0.3, -0.25) is 19.9 Å². The van der Waals surface area contributed by atoms with Gasteiger partial charge in [-0.25, -0.2) is 4.79 Å². The molecule has 2 aliphatic heterocycles. The van der Waals surface area contributed by atoms with Crippen LogP contribution in [0.4, 0.5) is 4.79 Å². The Bertz CT molecular complexity index is 1290. The highest BCUT2D eigenvalue weighted by Gasteiger charge is 2.41. The van der Waals surface area contributed by atoms with E-state index in [2.05, 4.69) is 26.3 Å². The van der Waals surface area contributed by atoms with Crippen molar-refractivity contribution in [3.05, 3.63) is 71.4 Å². The Balaban J connectivity index is 1.26. The quantitative estimate of drug-likeness (QED) is 0.380. The van der Waals surface area contributed by atoms with Gasteiger partial charge in [0.1, 0.15) is 18.4 Å². The number of pyridine rings is 1. The van der Waals surface area contributed by atoms with Gasteiger partial charge < -0.3 is 20.7 Å².